The van der Waals surface area contributed by atoms with Crippen molar-refractivity contribution in [1.29, 1.82) is 5.26 Å². The lowest BCUT2D eigenvalue weighted by atomic mass is 10.0. The molecule has 4 aromatic rings. The molecule has 6 nitrogen and oxygen atoms in total. The van der Waals surface area contributed by atoms with Crippen LogP contribution in [0.15, 0.2) is 83.8 Å². The normalized spacial score (nSPS) is 14.2. The van der Waals surface area contributed by atoms with Gasteiger partial charge in [0.1, 0.15) is 6.61 Å². The van der Waals surface area contributed by atoms with E-state index in [1.54, 1.807) is 30.3 Å². The number of ether oxygens (including phenoxy) is 2. The Bertz CT molecular complexity index is 1660. The topological polar surface area (TPSA) is 79.6 Å². The molecule has 0 N–H and O–H groups in total. The Morgan fingerprint density at radius 3 is 2.54 bits per heavy atom. The van der Waals surface area contributed by atoms with Crippen LogP contribution in [0.4, 0.5) is 4.79 Å². The molecule has 39 heavy (non-hydrogen) atoms. The maximum atomic E-state index is 13.2. The van der Waals surface area contributed by atoms with Crippen molar-refractivity contribution in [2.75, 3.05) is 6.61 Å². The molecular formula is C31H23ClN2O4S. The maximum absolute atomic E-state index is 13.2. The van der Waals surface area contributed by atoms with Crippen molar-refractivity contribution in [1.82, 2.24) is 4.90 Å². The summed E-state index contributed by atoms with van der Waals surface area (Å²) in [7, 11) is 0. The van der Waals surface area contributed by atoms with Gasteiger partial charge in [-0.15, -0.1) is 0 Å². The van der Waals surface area contributed by atoms with E-state index in [0.29, 0.717) is 34.1 Å². The number of hydrogen-bond donors (Lipinski definition) is 0. The van der Waals surface area contributed by atoms with Gasteiger partial charge in [0.25, 0.3) is 11.1 Å². The van der Waals surface area contributed by atoms with E-state index in [9.17, 15) is 14.9 Å². The summed E-state index contributed by atoms with van der Waals surface area (Å²) < 4.78 is 11.8. The molecule has 2 amide bonds. The van der Waals surface area contributed by atoms with Crippen molar-refractivity contribution in [3.8, 4) is 17.6 Å². The van der Waals surface area contributed by atoms with Crippen molar-refractivity contribution >= 4 is 51.4 Å². The molecule has 0 atom stereocenters. The first-order valence-corrected chi connectivity index (χ1v) is 13.5. The molecule has 194 valence electrons. The molecule has 1 aliphatic heterocycles. The first-order chi connectivity index (χ1) is 19.0. The van der Waals surface area contributed by atoms with Crippen molar-refractivity contribution in [3.63, 3.8) is 0 Å². The molecule has 0 unspecified atom stereocenters. The first kappa shape index (κ1) is 26.4. The van der Waals surface area contributed by atoms with Gasteiger partial charge in [0.2, 0.25) is 0 Å². The number of nitriles is 1. The number of imide groups is 1. The lowest BCUT2D eigenvalue weighted by molar-refractivity contribution is -0.123. The molecule has 1 saturated heterocycles. The Morgan fingerprint density at radius 2 is 1.72 bits per heavy atom. The minimum absolute atomic E-state index is 0.135. The Morgan fingerprint density at radius 1 is 0.974 bits per heavy atom. The summed E-state index contributed by atoms with van der Waals surface area (Å²) in [6, 6.07) is 26.4. The molecule has 0 spiro atoms. The molecule has 0 bridgehead atoms. The number of fused-ring (bicyclic) bond motifs is 1. The second-order valence-electron chi connectivity index (χ2n) is 8.73. The fourth-order valence-corrected chi connectivity index (χ4v) is 5.48. The van der Waals surface area contributed by atoms with Gasteiger partial charge in [-0.1, -0.05) is 72.3 Å². The maximum Gasteiger partial charge on any atom is 0.293 e. The van der Waals surface area contributed by atoms with Gasteiger partial charge in [-0.05, 0) is 64.9 Å². The molecule has 8 heteroatoms. The third-order valence-electron chi connectivity index (χ3n) is 6.22. The molecule has 5 rings (SSSR count). The number of amides is 2. The number of rotatable bonds is 8. The van der Waals surface area contributed by atoms with Crippen molar-refractivity contribution in [2.45, 2.75) is 20.1 Å². The van der Waals surface area contributed by atoms with E-state index in [1.165, 1.54) is 4.90 Å². The molecule has 0 aliphatic carbocycles. The Kier molecular flexibility index (Phi) is 7.87. The second-order valence-corrected chi connectivity index (χ2v) is 10.1. The van der Waals surface area contributed by atoms with Crippen molar-refractivity contribution in [2.24, 2.45) is 0 Å². The minimum Gasteiger partial charge on any atom is -0.490 e. The monoisotopic (exact) mass is 554 g/mol. The zero-order chi connectivity index (χ0) is 27.4. The number of benzene rings is 4. The lowest BCUT2D eigenvalue weighted by Crippen LogP contribution is -2.27. The van der Waals surface area contributed by atoms with Gasteiger partial charge in [-0.25, -0.2) is 0 Å². The van der Waals surface area contributed by atoms with Crippen LogP contribution < -0.4 is 9.47 Å². The van der Waals surface area contributed by atoms with Gasteiger partial charge in [0, 0.05) is 5.56 Å². The highest BCUT2D eigenvalue weighted by Gasteiger charge is 2.35. The number of nitrogens with zero attached hydrogens (tertiary/aromatic N) is 2. The van der Waals surface area contributed by atoms with Crippen LogP contribution >= 0.6 is 23.4 Å². The minimum atomic E-state index is -0.361. The summed E-state index contributed by atoms with van der Waals surface area (Å²) in [4.78, 5) is 27.6. The van der Waals surface area contributed by atoms with Crippen LogP contribution in [-0.4, -0.2) is 22.7 Å². The predicted molar refractivity (Wildman–Crippen MR) is 154 cm³/mol. The van der Waals surface area contributed by atoms with E-state index >= 15 is 0 Å². The smallest absolute Gasteiger partial charge is 0.293 e. The van der Waals surface area contributed by atoms with Crippen LogP contribution in [0.2, 0.25) is 5.02 Å². The van der Waals surface area contributed by atoms with Crippen LogP contribution in [0.5, 0.6) is 11.5 Å². The van der Waals surface area contributed by atoms with Crippen LogP contribution in [-0.2, 0) is 17.9 Å². The Balaban J connectivity index is 1.39. The average molecular weight is 555 g/mol. The summed E-state index contributed by atoms with van der Waals surface area (Å²) in [6.45, 7) is 2.53. The van der Waals surface area contributed by atoms with Gasteiger partial charge in [-0.2, -0.15) is 5.26 Å². The first-order valence-electron chi connectivity index (χ1n) is 12.3. The van der Waals surface area contributed by atoms with E-state index in [4.69, 9.17) is 21.1 Å². The van der Waals surface area contributed by atoms with E-state index in [0.717, 1.165) is 33.7 Å². The van der Waals surface area contributed by atoms with Gasteiger partial charge < -0.3 is 9.47 Å². The Hall–Kier alpha value is -4.25. The summed E-state index contributed by atoms with van der Waals surface area (Å²) in [6.07, 6.45) is 1.64. The van der Waals surface area contributed by atoms with Crippen LogP contribution in [0.3, 0.4) is 0 Å². The molecule has 0 saturated carbocycles. The highest BCUT2D eigenvalue weighted by molar-refractivity contribution is 8.18. The number of halogens is 1. The third-order valence-corrected chi connectivity index (χ3v) is 7.41. The summed E-state index contributed by atoms with van der Waals surface area (Å²) in [5.74, 6) is 0.383. The summed E-state index contributed by atoms with van der Waals surface area (Å²) >= 11 is 7.48. The summed E-state index contributed by atoms with van der Waals surface area (Å²) in [5.41, 5.74) is 2.74. The van der Waals surface area contributed by atoms with Gasteiger partial charge in [0.05, 0.1) is 34.7 Å². The molecule has 0 aromatic heterocycles. The largest absolute Gasteiger partial charge is 0.490 e. The average Bonchev–Trinajstić information content (AvgIpc) is 3.20. The standard InChI is InChI=1S/C31H23ClN2O4S/c1-2-37-27-15-20(14-26(32)29(27)38-19-24-10-4-3-9-22(24)17-33)16-28-30(35)34(31(36)39-28)18-23-12-7-11-21-8-5-6-13-25(21)23/h3-16H,2,18-19H2,1H3/b28-16+. The van der Waals surface area contributed by atoms with Gasteiger partial charge in [0.15, 0.2) is 11.5 Å². The molecular weight excluding hydrogens is 532 g/mol. The third kappa shape index (κ3) is 5.63. The fraction of sp³-hybridized carbons (Fsp3) is 0.129. The highest BCUT2D eigenvalue weighted by atomic mass is 35.5. The SMILES string of the molecule is CCOc1cc(/C=C2/SC(=O)N(Cc3cccc4ccccc34)C2=O)cc(Cl)c1OCc1ccccc1C#N. The van der Waals surface area contributed by atoms with Gasteiger partial charge >= 0.3 is 0 Å². The van der Waals surface area contributed by atoms with E-state index in [1.807, 2.05) is 61.5 Å². The highest BCUT2D eigenvalue weighted by Crippen LogP contribution is 2.40. The zero-order valence-electron chi connectivity index (χ0n) is 21.0. The van der Waals surface area contributed by atoms with Crippen LogP contribution in [0, 0.1) is 11.3 Å². The van der Waals surface area contributed by atoms with E-state index in [2.05, 4.69) is 6.07 Å². The molecule has 0 radical (unpaired) electrons. The zero-order valence-corrected chi connectivity index (χ0v) is 22.6. The summed E-state index contributed by atoms with van der Waals surface area (Å²) in [5, 5.41) is 11.4. The number of carbonyl (C=O) groups excluding carboxylic acids is 2. The molecule has 1 fully saturated rings. The van der Waals surface area contributed by atoms with Crippen LogP contribution in [0.1, 0.15) is 29.2 Å². The number of thioether (sulfide) groups is 1. The van der Waals surface area contributed by atoms with E-state index in [-0.39, 0.29) is 29.3 Å². The number of carbonyl (C=O) groups is 2. The predicted octanol–water partition coefficient (Wildman–Crippen LogP) is 7.58. The molecule has 4 aromatic carbocycles. The van der Waals surface area contributed by atoms with Crippen LogP contribution in [0.25, 0.3) is 16.8 Å². The van der Waals surface area contributed by atoms with Gasteiger partial charge in [-0.3, -0.25) is 14.5 Å². The van der Waals surface area contributed by atoms with E-state index < -0.39 is 0 Å². The lowest BCUT2D eigenvalue weighted by Gasteiger charge is -2.15. The van der Waals surface area contributed by atoms with Crippen molar-refractivity contribution < 1.29 is 19.1 Å². The second kappa shape index (κ2) is 11.6. The van der Waals surface area contributed by atoms with Crippen molar-refractivity contribution in [3.05, 3.63) is 111 Å². The molecule has 1 heterocycles. The fourth-order valence-electron chi connectivity index (χ4n) is 4.37. The molecule has 1 aliphatic rings. The Labute approximate surface area is 235 Å². The quantitative estimate of drug-likeness (QED) is 0.209. The number of hydrogen-bond acceptors (Lipinski definition) is 6.